The van der Waals surface area contributed by atoms with E-state index in [0.717, 1.165) is 57.8 Å². The van der Waals surface area contributed by atoms with Crippen molar-refractivity contribution in [1.82, 2.24) is 0 Å². The number of esters is 1. The smallest absolute Gasteiger partial charge is 0.305 e. The predicted octanol–water partition coefficient (Wildman–Crippen LogP) is 5.72. The fraction of sp³-hybridized carbons (Fsp3) is 0.880. The molecule has 1 unspecified atom stereocenters. The first-order valence-electron chi connectivity index (χ1n) is 12.3. The summed E-state index contributed by atoms with van der Waals surface area (Å²) in [4.78, 5) is 11.5. The Bertz CT molecular complexity index is 397. The molecule has 0 heterocycles. The summed E-state index contributed by atoms with van der Waals surface area (Å²) in [5.41, 5.74) is 0. The molecular formula is C25H48O5. The van der Waals surface area contributed by atoms with Crippen molar-refractivity contribution < 1.29 is 24.5 Å². The van der Waals surface area contributed by atoms with Crippen LogP contribution < -0.4 is 0 Å². The highest BCUT2D eigenvalue weighted by Crippen LogP contribution is 2.14. The Kier molecular flexibility index (Phi) is 22.1. The van der Waals surface area contributed by atoms with Crippen molar-refractivity contribution in [3.63, 3.8) is 0 Å². The van der Waals surface area contributed by atoms with Crippen LogP contribution in [0.1, 0.15) is 110 Å². The Hall–Kier alpha value is -0.910. The first-order valence-corrected chi connectivity index (χ1v) is 12.3. The Labute approximate surface area is 185 Å². The lowest BCUT2D eigenvalue weighted by Crippen LogP contribution is -2.24. The number of rotatable bonds is 22. The average molecular weight is 429 g/mol. The van der Waals surface area contributed by atoms with Gasteiger partial charge in [-0.3, -0.25) is 4.79 Å². The lowest BCUT2D eigenvalue weighted by molar-refractivity contribution is -0.143. The number of carbonyl (C=O) groups is 1. The number of unbranched alkanes of at least 4 members (excludes halogenated alkanes) is 9. The number of hydrogen-bond donors (Lipinski definition) is 2. The van der Waals surface area contributed by atoms with E-state index in [1.165, 1.54) is 32.1 Å². The molecule has 0 rings (SSSR count). The van der Waals surface area contributed by atoms with Gasteiger partial charge in [0.1, 0.15) is 6.10 Å². The molecule has 2 atom stereocenters. The van der Waals surface area contributed by atoms with E-state index < -0.39 is 6.10 Å². The third-order valence-corrected chi connectivity index (χ3v) is 5.19. The van der Waals surface area contributed by atoms with Crippen molar-refractivity contribution in [2.75, 3.05) is 19.8 Å². The molecule has 0 bridgehead atoms. The molecule has 178 valence electrons. The van der Waals surface area contributed by atoms with Crippen LogP contribution in [0.2, 0.25) is 0 Å². The number of hydrogen-bond acceptors (Lipinski definition) is 5. The second kappa shape index (κ2) is 22.8. The van der Waals surface area contributed by atoms with Crippen LogP contribution in [0.3, 0.4) is 0 Å². The summed E-state index contributed by atoms with van der Waals surface area (Å²) in [6.45, 7) is 4.81. The lowest BCUT2D eigenvalue weighted by Gasteiger charge is -2.18. The zero-order valence-corrected chi connectivity index (χ0v) is 19.7. The first-order chi connectivity index (χ1) is 14.6. The molecule has 0 aliphatic heterocycles. The van der Waals surface area contributed by atoms with E-state index >= 15 is 0 Å². The number of aliphatic hydroxyl groups is 2. The third-order valence-electron chi connectivity index (χ3n) is 5.19. The fourth-order valence-electron chi connectivity index (χ4n) is 3.20. The molecule has 0 aromatic carbocycles. The van der Waals surface area contributed by atoms with Gasteiger partial charge in [0.25, 0.3) is 0 Å². The molecular weight excluding hydrogens is 380 g/mol. The van der Waals surface area contributed by atoms with Crippen molar-refractivity contribution in [2.24, 2.45) is 0 Å². The van der Waals surface area contributed by atoms with Gasteiger partial charge in [-0.05, 0) is 38.5 Å². The van der Waals surface area contributed by atoms with Crippen LogP contribution >= 0.6 is 0 Å². The zero-order chi connectivity index (χ0) is 22.3. The van der Waals surface area contributed by atoms with Crippen LogP contribution in [0.25, 0.3) is 0 Å². The van der Waals surface area contributed by atoms with Gasteiger partial charge in [-0.1, -0.05) is 77.4 Å². The SMILES string of the molecule is CCCCCC[C@H](CC=CCCCCCCCC(=O)OCCCC)OCC(O)CO. The summed E-state index contributed by atoms with van der Waals surface area (Å²) in [5.74, 6) is -0.0515. The second-order valence-corrected chi connectivity index (χ2v) is 8.23. The predicted molar refractivity (Wildman–Crippen MR) is 124 cm³/mol. The van der Waals surface area contributed by atoms with Crippen LogP contribution in [0.15, 0.2) is 12.2 Å². The van der Waals surface area contributed by atoms with Gasteiger partial charge in [0.15, 0.2) is 0 Å². The van der Waals surface area contributed by atoms with Crippen LogP contribution in [-0.2, 0) is 14.3 Å². The Balaban J connectivity index is 3.76. The van der Waals surface area contributed by atoms with Gasteiger partial charge in [-0.2, -0.15) is 0 Å². The minimum Gasteiger partial charge on any atom is -0.466 e. The maximum absolute atomic E-state index is 11.5. The first kappa shape index (κ1) is 29.1. The molecule has 0 aromatic heterocycles. The van der Waals surface area contributed by atoms with Crippen molar-refractivity contribution >= 4 is 5.97 Å². The van der Waals surface area contributed by atoms with Crippen molar-refractivity contribution in [1.29, 1.82) is 0 Å². The lowest BCUT2D eigenvalue weighted by atomic mass is 10.1. The largest absolute Gasteiger partial charge is 0.466 e. The van der Waals surface area contributed by atoms with E-state index in [1.54, 1.807) is 0 Å². The van der Waals surface area contributed by atoms with Gasteiger partial charge in [0, 0.05) is 6.42 Å². The number of ether oxygens (including phenoxy) is 2. The highest BCUT2D eigenvalue weighted by atomic mass is 16.5. The van der Waals surface area contributed by atoms with E-state index in [4.69, 9.17) is 14.6 Å². The van der Waals surface area contributed by atoms with Crippen LogP contribution in [0.4, 0.5) is 0 Å². The fourth-order valence-corrected chi connectivity index (χ4v) is 3.20. The molecule has 0 saturated carbocycles. The topological polar surface area (TPSA) is 76.0 Å². The maximum atomic E-state index is 11.5. The second-order valence-electron chi connectivity index (χ2n) is 8.23. The number of aliphatic hydroxyl groups excluding tert-OH is 2. The molecule has 0 radical (unpaired) electrons. The highest BCUT2D eigenvalue weighted by Gasteiger charge is 2.10. The van der Waals surface area contributed by atoms with Gasteiger partial charge < -0.3 is 19.7 Å². The normalized spacial score (nSPS) is 13.6. The molecule has 5 heteroatoms. The molecule has 0 aliphatic rings. The highest BCUT2D eigenvalue weighted by molar-refractivity contribution is 5.69. The van der Waals surface area contributed by atoms with Gasteiger partial charge in [-0.25, -0.2) is 0 Å². The van der Waals surface area contributed by atoms with Gasteiger partial charge >= 0.3 is 5.97 Å². The molecule has 0 aromatic rings. The Morgan fingerprint density at radius 1 is 0.900 bits per heavy atom. The van der Waals surface area contributed by atoms with Gasteiger partial charge in [0.05, 0.1) is 25.9 Å². The third kappa shape index (κ3) is 20.4. The molecule has 0 amide bonds. The summed E-state index contributed by atoms with van der Waals surface area (Å²) in [5, 5.41) is 18.5. The van der Waals surface area contributed by atoms with E-state index in [-0.39, 0.29) is 25.3 Å². The number of carbonyl (C=O) groups excluding carboxylic acids is 1. The molecule has 0 saturated heterocycles. The molecule has 5 nitrogen and oxygen atoms in total. The molecule has 0 fully saturated rings. The molecule has 30 heavy (non-hydrogen) atoms. The Morgan fingerprint density at radius 2 is 1.60 bits per heavy atom. The van der Waals surface area contributed by atoms with Crippen LogP contribution in [-0.4, -0.2) is 48.2 Å². The van der Waals surface area contributed by atoms with Gasteiger partial charge in [-0.15, -0.1) is 0 Å². The van der Waals surface area contributed by atoms with E-state index in [9.17, 15) is 9.90 Å². The number of allylic oxidation sites excluding steroid dienone is 1. The summed E-state index contributed by atoms with van der Waals surface area (Å²) >= 11 is 0. The average Bonchev–Trinajstić information content (AvgIpc) is 2.75. The van der Waals surface area contributed by atoms with Crippen molar-refractivity contribution in [3.05, 3.63) is 12.2 Å². The summed E-state index contributed by atoms with van der Waals surface area (Å²) in [7, 11) is 0. The van der Waals surface area contributed by atoms with E-state index in [1.807, 2.05) is 0 Å². The standard InChI is InChI=1S/C25H48O5/c1-3-5-7-14-17-24(30-22-23(27)21-26)18-15-12-10-8-9-11-13-16-19-25(28)29-20-6-4-2/h12,15,23-24,26-27H,3-11,13-14,16-22H2,1-2H3/t23?,24-/m1/s1. The van der Waals surface area contributed by atoms with Crippen molar-refractivity contribution in [2.45, 2.75) is 122 Å². The minimum absolute atomic E-state index is 0.0515. The van der Waals surface area contributed by atoms with E-state index in [2.05, 4.69) is 26.0 Å². The summed E-state index contributed by atoms with van der Waals surface area (Å²) in [6, 6.07) is 0. The van der Waals surface area contributed by atoms with Gasteiger partial charge in [0.2, 0.25) is 0 Å². The van der Waals surface area contributed by atoms with Crippen molar-refractivity contribution in [3.8, 4) is 0 Å². The summed E-state index contributed by atoms with van der Waals surface area (Å²) in [6.07, 6.45) is 19.6. The maximum Gasteiger partial charge on any atom is 0.305 e. The quantitative estimate of drug-likeness (QED) is 0.131. The molecule has 0 aliphatic carbocycles. The summed E-state index contributed by atoms with van der Waals surface area (Å²) < 4.78 is 11.0. The van der Waals surface area contributed by atoms with E-state index in [0.29, 0.717) is 13.0 Å². The molecule has 0 spiro atoms. The van der Waals surface area contributed by atoms with Crippen LogP contribution in [0, 0.1) is 0 Å². The monoisotopic (exact) mass is 428 g/mol. The molecule has 2 N–H and O–H groups in total. The van der Waals surface area contributed by atoms with Crippen LogP contribution in [0.5, 0.6) is 0 Å². The zero-order valence-electron chi connectivity index (χ0n) is 19.7. The minimum atomic E-state index is -0.787. The Morgan fingerprint density at radius 3 is 2.33 bits per heavy atom.